The molecule has 206 valence electrons. The Labute approximate surface area is 215 Å². The molecule has 1 saturated carbocycles. The molecule has 0 atom stereocenters. The molecule has 1 fully saturated rings. The Kier molecular flexibility index (Phi) is 7.02. The first-order chi connectivity index (χ1) is 18.2. The number of carbonyl (C=O) groups excluding carboxylic acids is 2. The van der Waals surface area contributed by atoms with E-state index in [0.717, 1.165) is 37.6 Å². The number of amides is 2. The number of rotatable bonds is 8. The molecule has 0 radical (unpaired) electrons. The predicted molar refractivity (Wildman–Crippen MR) is 122 cm³/mol. The Morgan fingerprint density at radius 3 is 2.28 bits per heavy atom. The first-order valence-electron chi connectivity index (χ1n) is 11.0. The van der Waals surface area contributed by atoms with Gasteiger partial charge in [0.25, 0.3) is 11.8 Å². The van der Waals surface area contributed by atoms with Gasteiger partial charge in [-0.1, -0.05) is 0 Å². The van der Waals surface area contributed by atoms with Crippen LogP contribution in [-0.4, -0.2) is 41.4 Å². The molecule has 15 heteroatoms. The Morgan fingerprint density at radius 1 is 0.974 bits per heavy atom. The summed E-state index contributed by atoms with van der Waals surface area (Å²) < 4.78 is 93.7. The van der Waals surface area contributed by atoms with Gasteiger partial charge < -0.3 is 25.3 Å². The largest absolute Gasteiger partial charge is 0.573 e. The Balaban J connectivity index is 1.73. The monoisotopic (exact) mass is 556 g/mol. The number of benzene rings is 1. The summed E-state index contributed by atoms with van der Waals surface area (Å²) >= 11 is 0. The average molecular weight is 556 g/mol. The van der Waals surface area contributed by atoms with Crippen molar-refractivity contribution in [2.45, 2.75) is 30.8 Å². The molecule has 0 bridgehead atoms. The van der Waals surface area contributed by atoms with Crippen LogP contribution in [0.1, 0.15) is 39.4 Å². The zero-order chi connectivity index (χ0) is 28.6. The van der Waals surface area contributed by atoms with Crippen LogP contribution < -0.4 is 25.3 Å². The first-order valence-corrected chi connectivity index (χ1v) is 11.0. The summed E-state index contributed by atoms with van der Waals surface area (Å²) in [5.74, 6) is -3.28. The van der Waals surface area contributed by atoms with Gasteiger partial charge >= 0.3 is 12.5 Å². The van der Waals surface area contributed by atoms with Crippen molar-refractivity contribution in [3.8, 4) is 23.0 Å². The van der Waals surface area contributed by atoms with E-state index in [9.17, 15) is 35.9 Å². The summed E-state index contributed by atoms with van der Waals surface area (Å²) in [6, 6.07) is 6.22. The lowest BCUT2D eigenvalue weighted by molar-refractivity contribution is -0.274. The molecule has 39 heavy (non-hydrogen) atoms. The number of pyridine rings is 2. The number of anilines is 1. The lowest BCUT2D eigenvalue weighted by atomic mass is 10.00. The minimum absolute atomic E-state index is 0.0824. The molecule has 4 rings (SSSR count). The van der Waals surface area contributed by atoms with E-state index in [1.165, 1.54) is 18.3 Å². The third-order valence-corrected chi connectivity index (χ3v) is 5.75. The molecule has 3 N–H and O–H groups in total. The molecule has 1 aromatic carbocycles. The average Bonchev–Trinajstić information content (AvgIpc) is 3.66. The molecule has 0 aliphatic heterocycles. The molecular formula is C24H18F6N4O5. The SMILES string of the molecule is COc1cc(OC(F)(F)F)ccc1Oc1cc(C2(C(F)(F)F)CC2)ncc1C(=O)Nc1ccnc(C(N)=O)c1. The van der Waals surface area contributed by atoms with Crippen LogP contribution in [0.4, 0.5) is 32.0 Å². The number of hydrogen-bond acceptors (Lipinski definition) is 7. The fourth-order valence-corrected chi connectivity index (χ4v) is 3.65. The quantitative estimate of drug-likeness (QED) is 0.369. The van der Waals surface area contributed by atoms with E-state index in [1.54, 1.807) is 0 Å². The van der Waals surface area contributed by atoms with Gasteiger partial charge in [-0.3, -0.25) is 19.6 Å². The van der Waals surface area contributed by atoms with Crippen molar-refractivity contribution in [2.24, 2.45) is 5.73 Å². The highest BCUT2D eigenvalue weighted by Crippen LogP contribution is 2.58. The summed E-state index contributed by atoms with van der Waals surface area (Å²) in [7, 11) is 1.12. The third kappa shape index (κ3) is 5.97. The van der Waals surface area contributed by atoms with Gasteiger partial charge in [0.05, 0.1) is 12.8 Å². The minimum atomic E-state index is -4.99. The van der Waals surface area contributed by atoms with E-state index in [4.69, 9.17) is 15.2 Å². The second-order valence-electron chi connectivity index (χ2n) is 8.36. The number of nitrogens with two attached hydrogens (primary N) is 1. The summed E-state index contributed by atoms with van der Waals surface area (Å²) in [5.41, 5.74) is 2.15. The number of ether oxygens (including phenoxy) is 3. The summed E-state index contributed by atoms with van der Waals surface area (Å²) in [4.78, 5) is 32.1. The topological polar surface area (TPSA) is 126 Å². The first kappa shape index (κ1) is 27.5. The molecule has 2 aromatic heterocycles. The maximum absolute atomic E-state index is 13.8. The molecule has 9 nitrogen and oxygen atoms in total. The van der Waals surface area contributed by atoms with E-state index in [1.807, 2.05) is 0 Å². The van der Waals surface area contributed by atoms with Gasteiger partial charge in [0.2, 0.25) is 0 Å². The number of nitrogens with one attached hydrogen (secondary N) is 1. The molecule has 1 aliphatic rings. The third-order valence-electron chi connectivity index (χ3n) is 5.75. The second-order valence-corrected chi connectivity index (χ2v) is 8.36. The molecule has 0 unspecified atom stereocenters. The minimum Gasteiger partial charge on any atom is -0.493 e. The summed E-state index contributed by atoms with van der Waals surface area (Å²) in [6.45, 7) is 0. The molecule has 1 aliphatic carbocycles. The molecule has 0 spiro atoms. The van der Waals surface area contributed by atoms with Crippen LogP contribution in [-0.2, 0) is 5.41 Å². The van der Waals surface area contributed by atoms with Crippen LogP contribution in [0.15, 0.2) is 48.8 Å². The van der Waals surface area contributed by atoms with E-state index < -0.39 is 41.2 Å². The fraction of sp³-hybridized carbons (Fsp3) is 0.250. The molecule has 2 heterocycles. The second kappa shape index (κ2) is 9.96. The van der Waals surface area contributed by atoms with E-state index in [0.29, 0.717) is 0 Å². The van der Waals surface area contributed by atoms with Gasteiger partial charge in [0.15, 0.2) is 11.5 Å². The molecular weight excluding hydrogens is 538 g/mol. The number of halogens is 6. The van der Waals surface area contributed by atoms with Crippen LogP contribution in [0.2, 0.25) is 0 Å². The zero-order valence-electron chi connectivity index (χ0n) is 19.8. The van der Waals surface area contributed by atoms with Crippen molar-refractivity contribution in [2.75, 3.05) is 12.4 Å². The number of methoxy groups -OCH3 is 1. The van der Waals surface area contributed by atoms with Crippen molar-refractivity contribution >= 4 is 17.5 Å². The van der Waals surface area contributed by atoms with Gasteiger partial charge in [0.1, 0.15) is 28.2 Å². The summed E-state index contributed by atoms with van der Waals surface area (Å²) in [6.07, 6.45) is -7.99. The fourth-order valence-electron chi connectivity index (χ4n) is 3.65. The van der Waals surface area contributed by atoms with E-state index in [2.05, 4.69) is 20.0 Å². The van der Waals surface area contributed by atoms with Crippen LogP contribution >= 0.6 is 0 Å². The molecule has 3 aromatic rings. The van der Waals surface area contributed by atoms with Crippen LogP contribution in [0.3, 0.4) is 0 Å². The number of alkyl halides is 6. The Bertz CT molecular complexity index is 1420. The van der Waals surface area contributed by atoms with Crippen molar-refractivity contribution < 1.29 is 50.1 Å². The van der Waals surface area contributed by atoms with Gasteiger partial charge in [-0.25, -0.2) is 0 Å². The molecule has 0 saturated heterocycles. The van der Waals surface area contributed by atoms with Crippen molar-refractivity contribution in [3.63, 3.8) is 0 Å². The molecule has 2 amide bonds. The smallest absolute Gasteiger partial charge is 0.493 e. The standard InChI is InChI=1S/C24H18F6N4O5/c1-37-18-9-13(39-24(28,29)30)2-3-16(18)38-17-10-19(22(5-6-22)23(25,26)27)33-11-14(17)21(36)34-12-4-7-32-15(8-12)20(31)35/h2-4,7-11H,5-6H2,1H3,(H2,31,35)(H,32,34,36). The maximum Gasteiger partial charge on any atom is 0.573 e. The lowest BCUT2D eigenvalue weighted by Crippen LogP contribution is -2.30. The van der Waals surface area contributed by atoms with Crippen LogP contribution in [0, 0.1) is 0 Å². The van der Waals surface area contributed by atoms with Gasteiger partial charge in [-0.15, -0.1) is 13.2 Å². The van der Waals surface area contributed by atoms with Crippen molar-refractivity contribution in [1.29, 1.82) is 0 Å². The number of primary amides is 1. The number of hydrogen-bond donors (Lipinski definition) is 2. The van der Waals surface area contributed by atoms with Gasteiger partial charge in [-0.05, 0) is 37.1 Å². The number of aromatic nitrogens is 2. The lowest BCUT2D eigenvalue weighted by Gasteiger charge is -2.21. The normalized spacial score (nSPS) is 14.3. The Hall–Kier alpha value is -4.56. The number of carbonyl (C=O) groups is 2. The van der Waals surface area contributed by atoms with E-state index >= 15 is 0 Å². The van der Waals surface area contributed by atoms with Crippen molar-refractivity contribution in [1.82, 2.24) is 9.97 Å². The number of nitrogens with zero attached hydrogens (tertiary/aromatic N) is 2. The highest BCUT2D eigenvalue weighted by atomic mass is 19.4. The van der Waals surface area contributed by atoms with Gasteiger partial charge in [0, 0.05) is 30.2 Å². The highest BCUT2D eigenvalue weighted by molar-refractivity contribution is 6.06. The van der Waals surface area contributed by atoms with Crippen LogP contribution in [0.25, 0.3) is 0 Å². The van der Waals surface area contributed by atoms with E-state index in [-0.39, 0.29) is 47.0 Å². The predicted octanol–water partition coefficient (Wildman–Crippen LogP) is 5.12. The Morgan fingerprint density at radius 2 is 1.69 bits per heavy atom. The summed E-state index contributed by atoms with van der Waals surface area (Å²) in [5, 5.41) is 2.44. The van der Waals surface area contributed by atoms with Gasteiger partial charge in [-0.2, -0.15) is 13.2 Å². The van der Waals surface area contributed by atoms with Crippen molar-refractivity contribution in [3.05, 3.63) is 65.7 Å². The highest BCUT2D eigenvalue weighted by Gasteiger charge is 2.65. The van der Waals surface area contributed by atoms with Crippen LogP contribution in [0.5, 0.6) is 23.0 Å². The zero-order valence-corrected chi connectivity index (χ0v) is 19.8. The maximum atomic E-state index is 13.8.